The number of alkyl halides is 3. The van der Waals surface area contributed by atoms with Crippen LogP contribution >= 0.6 is 0 Å². The van der Waals surface area contributed by atoms with Crippen molar-refractivity contribution in [1.82, 2.24) is 4.90 Å². The minimum atomic E-state index is -4.39. The van der Waals surface area contributed by atoms with Gasteiger partial charge in [-0.2, -0.15) is 13.2 Å². The molecule has 3 rings (SSSR count). The Morgan fingerprint density at radius 1 is 1.00 bits per heavy atom. The monoisotopic (exact) mass is 375 g/mol. The molecule has 1 aliphatic rings. The topological polar surface area (TPSA) is 37.4 Å². The van der Waals surface area contributed by atoms with Crippen molar-refractivity contribution >= 4 is 12.2 Å². The van der Waals surface area contributed by atoms with Gasteiger partial charge in [0.1, 0.15) is 6.29 Å². The van der Waals surface area contributed by atoms with Gasteiger partial charge in [0.15, 0.2) is 0 Å². The fourth-order valence-corrected chi connectivity index (χ4v) is 3.63. The maximum atomic E-state index is 13.0. The Morgan fingerprint density at radius 3 is 2.26 bits per heavy atom. The van der Waals surface area contributed by atoms with Crippen LogP contribution in [-0.2, 0) is 28.7 Å². The smallest absolute Gasteiger partial charge is 0.338 e. The second-order valence-corrected chi connectivity index (χ2v) is 6.98. The van der Waals surface area contributed by atoms with E-state index in [0.29, 0.717) is 25.1 Å². The number of aldehydes is 1. The van der Waals surface area contributed by atoms with Gasteiger partial charge in [-0.3, -0.25) is 4.79 Å². The van der Waals surface area contributed by atoms with Crippen LogP contribution in [0.25, 0.3) is 0 Å². The molecule has 27 heavy (non-hydrogen) atoms. The predicted octanol–water partition coefficient (Wildman–Crippen LogP) is 4.26. The summed E-state index contributed by atoms with van der Waals surface area (Å²) in [6.07, 6.45) is -2.83. The average Bonchev–Trinajstić information content (AvgIpc) is 2.92. The Balaban J connectivity index is 1.78. The summed E-state index contributed by atoms with van der Waals surface area (Å²) in [6.45, 7) is 0.996. The molecule has 1 fully saturated rings. The molecule has 0 N–H and O–H groups in total. The van der Waals surface area contributed by atoms with Gasteiger partial charge in [-0.05, 0) is 36.1 Å². The SMILES string of the molecule is O=CCC1(Cc2ccc(C(F)(F)F)cc2)CCN(Cc2ccccc2)C1=O. The van der Waals surface area contributed by atoms with E-state index in [0.717, 1.165) is 24.0 Å². The van der Waals surface area contributed by atoms with Crippen molar-refractivity contribution in [1.29, 1.82) is 0 Å². The third kappa shape index (κ3) is 4.21. The number of benzene rings is 2. The van der Waals surface area contributed by atoms with Gasteiger partial charge in [0, 0.05) is 19.5 Å². The van der Waals surface area contributed by atoms with Crippen molar-refractivity contribution in [2.24, 2.45) is 5.41 Å². The Hall–Kier alpha value is -2.63. The largest absolute Gasteiger partial charge is 0.416 e. The molecule has 1 unspecified atom stereocenters. The number of likely N-dealkylation sites (tertiary alicyclic amines) is 1. The summed E-state index contributed by atoms with van der Waals surface area (Å²) in [5.41, 5.74) is 0.0252. The minimum absolute atomic E-state index is 0.0676. The van der Waals surface area contributed by atoms with Crippen LogP contribution in [0.4, 0.5) is 13.2 Å². The van der Waals surface area contributed by atoms with E-state index >= 15 is 0 Å². The Morgan fingerprint density at radius 2 is 1.67 bits per heavy atom. The van der Waals surface area contributed by atoms with Crippen molar-refractivity contribution in [3.05, 3.63) is 71.3 Å². The normalized spacial score (nSPS) is 20.1. The summed E-state index contributed by atoms with van der Waals surface area (Å²) in [4.78, 5) is 26.0. The van der Waals surface area contributed by atoms with E-state index in [1.165, 1.54) is 12.1 Å². The van der Waals surface area contributed by atoms with Gasteiger partial charge in [0.05, 0.1) is 11.0 Å². The van der Waals surface area contributed by atoms with Crippen LogP contribution in [-0.4, -0.2) is 23.6 Å². The molecular formula is C21H20F3NO2. The molecule has 1 saturated heterocycles. The number of hydrogen-bond acceptors (Lipinski definition) is 2. The zero-order chi connectivity index (χ0) is 19.5. The summed E-state index contributed by atoms with van der Waals surface area (Å²) in [5, 5.41) is 0. The number of halogens is 3. The number of hydrogen-bond donors (Lipinski definition) is 0. The number of nitrogens with zero attached hydrogens (tertiary/aromatic N) is 1. The Kier molecular flexibility index (Phi) is 5.35. The van der Waals surface area contributed by atoms with Crippen LogP contribution in [0.15, 0.2) is 54.6 Å². The summed E-state index contributed by atoms with van der Waals surface area (Å²) in [5.74, 6) is -0.113. The van der Waals surface area contributed by atoms with E-state index in [4.69, 9.17) is 0 Å². The van der Waals surface area contributed by atoms with E-state index in [-0.39, 0.29) is 18.7 Å². The summed E-state index contributed by atoms with van der Waals surface area (Å²) in [6, 6.07) is 14.4. The Labute approximate surface area is 155 Å². The van der Waals surface area contributed by atoms with Gasteiger partial charge >= 0.3 is 6.18 Å². The molecule has 0 aromatic heterocycles. The van der Waals surface area contributed by atoms with Crippen LogP contribution < -0.4 is 0 Å². The van der Waals surface area contributed by atoms with Crippen LogP contribution in [0.1, 0.15) is 29.5 Å². The van der Waals surface area contributed by atoms with Crippen LogP contribution in [0.3, 0.4) is 0 Å². The molecular weight excluding hydrogens is 355 g/mol. The first-order chi connectivity index (χ1) is 12.8. The first-order valence-corrected chi connectivity index (χ1v) is 8.77. The molecule has 0 spiro atoms. The van der Waals surface area contributed by atoms with Gasteiger partial charge in [-0.15, -0.1) is 0 Å². The van der Waals surface area contributed by atoms with Gasteiger partial charge in [0.2, 0.25) is 5.91 Å². The van der Waals surface area contributed by atoms with Gasteiger partial charge in [0.25, 0.3) is 0 Å². The Bertz CT molecular complexity index is 802. The summed E-state index contributed by atoms with van der Waals surface area (Å²) >= 11 is 0. The van der Waals surface area contributed by atoms with Crippen molar-refractivity contribution in [3.8, 4) is 0 Å². The van der Waals surface area contributed by atoms with Crippen molar-refractivity contribution in [3.63, 3.8) is 0 Å². The third-order valence-corrected chi connectivity index (χ3v) is 5.12. The zero-order valence-electron chi connectivity index (χ0n) is 14.7. The lowest BCUT2D eigenvalue weighted by Crippen LogP contribution is -2.36. The van der Waals surface area contributed by atoms with E-state index in [9.17, 15) is 22.8 Å². The molecule has 0 radical (unpaired) electrons. The second-order valence-electron chi connectivity index (χ2n) is 6.98. The molecule has 1 amide bonds. The molecule has 3 nitrogen and oxygen atoms in total. The van der Waals surface area contributed by atoms with E-state index < -0.39 is 17.2 Å². The second kappa shape index (κ2) is 7.55. The fraction of sp³-hybridized carbons (Fsp3) is 0.333. The predicted molar refractivity (Wildman–Crippen MR) is 94.7 cm³/mol. The van der Waals surface area contributed by atoms with Gasteiger partial charge < -0.3 is 9.69 Å². The number of carbonyl (C=O) groups is 2. The lowest BCUT2D eigenvalue weighted by molar-refractivity contribution is -0.138. The van der Waals surface area contributed by atoms with Gasteiger partial charge in [-0.1, -0.05) is 42.5 Å². The first-order valence-electron chi connectivity index (χ1n) is 8.77. The number of carbonyl (C=O) groups excluding carboxylic acids is 2. The molecule has 142 valence electrons. The fourth-order valence-electron chi connectivity index (χ4n) is 3.63. The zero-order valence-corrected chi connectivity index (χ0v) is 14.7. The van der Waals surface area contributed by atoms with Crippen LogP contribution in [0, 0.1) is 5.41 Å². The molecule has 0 bridgehead atoms. The summed E-state index contributed by atoms with van der Waals surface area (Å²) < 4.78 is 38.2. The quantitative estimate of drug-likeness (QED) is 0.708. The molecule has 2 aromatic carbocycles. The molecule has 2 aromatic rings. The average molecular weight is 375 g/mol. The standard InChI is InChI=1S/C21H20F3NO2/c22-21(23,24)18-8-6-16(7-9-18)14-20(11-13-26)10-12-25(19(20)27)15-17-4-2-1-3-5-17/h1-9,13H,10-12,14-15H2. The minimum Gasteiger partial charge on any atom is -0.338 e. The highest BCUT2D eigenvalue weighted by atomic mass is 19.4. The van der Waals surface area contributed by atoms with Crippen LogP contribution in [0.5, 0.6) is 0 Å². The van der Waals surface area contributed by atoms with Crippen LogP contribution in [0.2, 0.25) is 0 Å². The highest BCUT2D eigenvalue weighted by Crippen LogP contribution is 2.39. The maximum Gasteiger partial charge on any atom is 0.416 e. The van der Waals surface area contributed by atoms with E-state index in [1.807, 2.05) is 30.3 Å². The van der Waals surface area contributed by atoms with Crippen molar-refractivity contribution in [2.75, 3.05) is 6.54 Å². The molecule has 6 heteroatoms. The highest BCUT2D eigenvalue weighted by molar-refractivity contribution is 5.87. The van der Waals surface area contributed by atoms with E-state index in [2.05, 4.69) is 0 Å². The van der Waals surface area contributed by atoms with Gasteiger partial charge in [-0.25, -0.2) is 0 Å². The summed E-state index contributed by atoms with van der Waals surface area (Å²) in [7, 11) is 0. The lowest BCUT2D eigenvalue weighted by Gasteiger charge is -2.26. The molecule has 0 saturated carbocycles. The van der Waals surface area contributed by atoms with Crippen molar-refractivity contribution < 1.29 is 22.8 Å². The molecule has 1 atom stereocenters. The number of rotatable bonds is 6. The molecule has 1 aliphatic heterocycles. The van der Waals surface area contributed by atoms with E-state index in [1.54, 1.807) is 4.90 Å². The van der Waals surface area contributed by atoms with Crippen molar-refractivity contribution in [2.45, 2.75) is 32.0 Å². The molecule has 1 heterocycles. The molecule has 0 aliphatic carbocycles. The maximum absolute atomic E-state index is 13.0. The number of amides is 1. The third-order valence-electron chi connectivity index (χ3n) is 5.12. The highest BCUT2D eigenvalue weighted by Gasteiger charge is 2.46. The lowest BCUT2D eigenvalue weighted by atomic mass is 9.77. The first kappa shape index (κ1) is 19.1.